The summed E-state index contributed by atoms with van der Waals surface area (Å²) >= 11 is 0. The molecule has 0 aromatic carbocycles. The fourth-order valence-corrected chi connectivity index (χ4v) is 0.493. The fraction of sp³-hybridized carbons (Fsp3) is 0.960. The van der Waals surface area contributed by atoms with Crippen LogP contribution in [0.3, 0.4) is 0 Å². The van der Waals surface area contributed by atoms with E-state index in [-0.39, 0.29) is 5.78 Å². The van der Waals surface area contributed by atoms with Gasteiger partial charge in [-0.1, -0.05) is 0 Å². The minimum Gasteiger partial charge on any atom is -0.333 e. The number of nitrogens with zero attached hydrogens (tertiary/aromatic N) is 5. The Morgan fingerprint density at radius 2 is 0.645 bits per heavy atom. The van der Waals surface area contributed by atoms with Crippen molar-refractivity contribution < 1.29 is 27.2 Å². The first-order chi connectivity index (χ1) is 13.0. The second-order valence-corrected chi connectivity index (χ2v) is 14.0. The third-order valence-corrected chi connectivity index (χ3v) is 3.03. The summed E-state index contributed by atoms with van der Waals surface area (Å²) in [5.41, 5.74) is 0. The number of Topliss-reactive ketones (excluding diaryl/α,β-unsaturated/α-hetero) is 1. The van der Waals surface area contributed by atoms with Crippen LogP contribution in [0.2, 0.25) is 0 Å². The lowest BCUT2D eigenvalue weighted by molar-refractivity contribution is -0.869. The fourth-order valence-electron chi connectivity index (χ4n) is 0.493. The summed E-state index contributed by atoms with van der Waals surface area (Å²) in [4.78, 5) is 10.5. The van der Waals surface area contributed by atoms with Gasteiger partial charge >= 0.3 is 0 Å². The molecule has 0 atom stereocenters. The van der Waals surface area contributed by atoms with Crippen molar-refractivity contribution in [2.24, 2.45) is 0 Å². The summed E-state index contributed by atoms with van der Waals surface area (Å²) < 4.78 is 5.01. The first-order valence-corrected chi connectivity index (χ1v) is 11.5. The van der Waals surface area contributed by atoms with Crippen LogP contribution in [0.15, 0.2) is 0 Å². The normalized spacial score (nSPS) is 11.9. The number of carbonyl (C=O) groups is 1. The van der Waals surface area contributed by atoms with Gasteiger partial charge < -0.3 is 22.4 Å². The predicted molar refractivity (Wildman–Crippen MR) is 143 cm³/mol. The van der Waals surface area contributed by atoms with Crippen molar-refractivity contribution >= 4 is 5.78 Å². The van der Waals surface area contributed by atoms with Crippen LogP contribution < -0.4 is 0 Å². The van der Waals surface area contributed by atoms with Crippen LogP contribution in [0.4, 0.5) is 0 Å². The Hall–Kier alpha value is -0.530. The van der Waals surface area contributed by atoms with E-state index < -0.39 is 0 Å². The van der Waals surface area contributed by atoms with Crippen molar-refractivity contribution in [3.05, 3.63) is 0 Å². The lowest BCUT2D eigenvalue weighted by atomic mass is 10.3. The van der Waals surface area contributed by atoms with Gasteiger partial charge in [-0.15, -0.1) is 0 Å². The second kappa shape index (κ2) is 18.0. The van der Waals surface area contributed by atoms with Crippen molar-refractivity contribution in [3.63, 3.8) is 0 Å². The van der Waals surface area contributed by atoms with Crippen molar-refractivity contribution in [2.45, 2.75) is 27.2 Å². The summed E-state index contributed by atoms with van der Waals surface area (Å²) in [7, 11) is 36.3. The Labute approximate surface area is 200 Å². The van der Waals surface area contributed by atoms with Gasteiger partial charge in [-0.25, -0.2) is 0 Å². The Kier molecular flexibility index (Phi) is 23.6. The molecular formula is C25H68N5O+5. The van der Waals surface area contributed by atoms with Gasteiger partial charge in [0.2, 0.25) is 0 Å². The Morgan fingerprint density at radius 3 is 0.677 bits per heavy atom. The van der Waals surface area contributed by atoms with Gasteiger partial charge in [0, 0.05) is 0 Å². The summed E-state index contributed by atoms with van der Waals surface area (Å²) in [6.45, 7) is 9.35. The van der Waals surface area contributed by atoms with Gasteiger partial charge in [-0.05, 0) is 20.8 Å². The van der Waals surface area contributed by atoms with Crippen LogP contribution in [-0.2, 0) is 4.79 Å². The number of carbonyl (C=O) groups excluding carboxylic acids is 1. The van der Waals surface area contributed by atoms with Crippen LogP contribution in [-0.4, -0.2) is 168 Å². The molecule has 0 aliphatic heterocycles. The van der Waals surface area contributed by atoms with E-state index >= 15 is 0 Å². The number of ketones is 1. The standard InChI is InChI=1S/C7H16NO.2C5H14N.2C4H12N/c1-7(9)5-6-8(2,3)4;2*1-5-6(2,3)4;2*1-5(2,3)4/h5-6H2,1-4H3;2*5H2,1-4H3;2*1-4H3/q5*+1. The van der Waals surface area contributed by atoms with Crippen LogP contribution >= 0.6 is 0 Å². The third-order valence-electron chi connectivity index (χ3n) is 3.03. The maximum atomic E-state index is 10.5. The molecule has 0 N–H and O–H groups in total. The molecule has 0 fully saturated rings. The first-order valence-electron chi connectivity index (χ1n) is 11.5. The highest BCUT2D eigenvalue weighted by Gasteiger charge is 2.06. The van der Waals surface area contributed by atoms with Gasteiger partial charge in [0.25, 0.3) is 0 Å². The van der Waals surface area contributed by atoms with Crippen LogP contribution in [0.5, 0.6) is 0 Å². The largest absolute Gasteiger partial charge is 0.333 e. The molecule has 0 unspecified atom stereocenters. The summed E-state index contributed by atoms with van der Waals surface area (Å²) in [5.74, 6) is 0.281. The average molecular weight is 455 g/mol. The summed E-state index contributed by atoms with van der Waals surface area (Å²) in [5, 5.41) is 0. The zero-order valence-corrected chi connectivity index (χ0v) is 26.0. The molecule has 194 valence electrons. The van der Waals surface area contributed by atoms with Crippen molar-refractivity contribution in [1.82, 2.24) is 0 Å². The molecule has 0 saturated heterocycles. The molecule has 0 radical (unpaired) electrons. The smallest absolute Gasteiger partial charge is 0.135 e. The maximum Gasteiger partial charge on any atom is 0.135 e. The van der Waals surface area contributed by atoms with E-state index in [1.54, 1.807) is 6.92 Å². The minimum atomic E-state index is 0.281. The highest BCUT2D eigenvalue weighted by atomic mass is 16.1. The number of hydrogen-bond acceptors (Lipinski definition) is 1. The molecule has 0 aliphatic carbocycles. The zero-order valence-electron chi connectivity index (χ0n) is 26.0. The van der Waals surface area contributed by atoms with Gasteiger partial charge in [0.1, 0.15) is 5.78 Å². The highest BCUT2D eigenvalue weighted by Crippen LogP contribution is 1.93. The topological polar surface area (TPSA) is 17.1 Å². The molecule has 0 heterocycles. The van der Waals surface area contributed by atoms with Crippen molar-refractivity contribution in [1.29, 1.82) is 0 Å². The monoisotopic (exact) mass is 455 g/mol. The van der Waals surface area contributed by atoms with Crippen LogP contribution in [0.1, 0.15) is 27.2 Å². The molecule has 0 aliphatic rings. The molecular weight excluding hydrogens is 386 g/mol. The quantitative estimate of drug-likeness (QED) is 0.584. The molecule has 0 amide bonds. The van der Waals surface area contributed by atoms with Crippen molar-refractivity contribution in [3.8, 4) is 0 Å². The van der Waals surface area contributed by atoms with Gasteiger partial charge in [-0.3, -0.25) is 4.79 Å². The Bertz CT molecular complexity index is 362. The van der Waals surface area contributed by atoms with E-state index in [1.807, 2.05) is 0 Å². The molecule has 6 heteroatoms. The van der Waals surface area contributed by atoms with Crippen LogP contribution in [0.25, 0.3) is 0 Å². The zero-order chi connectivity index (χ0) is 26.9. The van der Waals surface area contributed by atoms with Crippen LogP contribution in [0, 0.1) is 0 Å². The van der Waals surface area contributed by atoms with E-state index in [2.05, 4.69) is 134 Å². The SMILES string of the molecule is CC(=O)CC[N+](C)(C)C.CC[N+](C)(C)C.CC[N+](C)(C)C.C[N+](C)(C)C.C[N+](C)(C)C. The lowest BCUT2D eigenvalue weighted by Gasteiger charge is -2.22. The summed E-state index contributed by atoms with van der Waals surface area (Å²) in [6.07, 6.45) is 0.698. The Balaban J connectivity index is -0.0000000928. The van der Waals surface area contributed by atoms with Gasteiger partial charge in [-0.2, -0.15) is 0 Å². The molecule has 0 spiro atoms. The van der Waals surface area contributed by atoms with E-state index in [1.165, 1.54) is 13.1 Å². The van der Waals surface area contributed by atoms with E-state index in [0.717, 1.165) is 29.0 Å². The maximum absolute atomic E-state index is 10.5. The van der Waals surface area contributed by atoms with E-state index in [0.29, 0.717) is 6.42 Å². The molecule has 0 saturated carbocycles. The minimum absolute atomic E-state index is 0.281. The molecule has 0 bridgehead atoms. The van der Waals surface area contributed by atoms with Gasteiger partial charge in [0.05, 0.1) is 146 Å². The third kappa shape index (κ3) is 169. The number of rotatable bonds is 5. The number of quaternary nitrogens is 5. The summed E-state index contributed by atoms with van der Waals surface area (Å²) in [6, 6.07) is 0. The molecule has 0 rings (SSSR count). The van der Waals surface area contributed by atoms with Crippen molar-refractivity contribution in [2.75, 3.05) is 139 Å². The highest BCUT2D eigenvalue weighted by molar-refractivity contribution is 5.75. The average Bonchev–Trinajstić information content (AvgIpc) is 2.41. The molecule has 6 nitrogen and oxygen atoms in total. The lowest BCUT2D eigenvalue weighted by Crippen LogP contribution is -2.36. The van der Waals surface area contributed by atoms with Gasteiger partial charge in [0.15, 0.2) is 0 Å². The molecule has 0 aromatic rings. The van der Waals surface area contributed by atoms with E-state index in [9.17, 15) is 4.79 Å². The molecule has 0 aromatic heterocycles. The second-order valence-electron chi connectivity index (χ2n) is 14.0. The first kappa shape index (κ1) is 40.8. The predicted octanol–water partition coefficient (Wildman–Crippen LogP) is 2.74. The number of hydrogen-bond donors (Lipinski definition) is 0. The van der Waals surface area contributed by atoms with E-state index in [4.69, 9.17) is 0 Å². The Morgan fingerprint density at radius 1 is 0.484 bits per heavy atom. The molecule has 31 heavy (non-hydrogen) atoms.